The Balaban J connectivity index is 1.47. The molecule has 1 aromatic carbocycles. The van der Waals surface area contributed by atoms with E-state index in [1.807, 2.05) is 0 Å². The Kier molecular flexibility index (Phi) is 4.92. The molecule has 2 heterocycles. The summed E-state index contributed by atoms with van der Waals surface area (Å²) in [6.45, 7) is 2.39. The average molecular weight is 318 g/mol. The molecule has 1 unspecified atom stereocenters. The smallest absolute Gasteiger partial charge is 0.315 e. The Labute approximate surface area is 133 Å². The number of hydrogen-bond acceptors (Lipinski definition) is 3. The van der Waals surface area contributed by atoms with Gasteiger partial charge in [0, 0.05) is 24.6 Å². The number of rotatable bonds is 5. The van der Waals surface area contributed by atoms with E-state index < -0.39 is 0 Å². The summed E-state index contributed by atoms with van der Waals surface area (Å²) in [6.07, 6.45) is 0.986. The lowest BCUT2D eigenvalue weighted by atomic mass is 10.1. The summed E-state index contributed by atoms with van der Waals surface area (Å²) in [4.78, 5) is 11.7. The first kappa shape index (κ1) is 15.6. The first-order chi connectivity index (χ1) is 11.2. The highest BCUT2D eigenvalue weighted by atomic mass is 19.1. The Morgan fingerprint density at radius 2 is 2.00 bits per heavy atom. The van der Waals surface area contributed by atoms with Gasteiger partial charge in [-0.15, -0.1) is 0 Å². The third-order valence-corrected chi connectivity index (χ3v) is 3.79. The van der Waals surface area contributed by atoms with Crippen molar-refractivity contribution < 1.29 is 18.3 Å². The number of ether oxygens (including phenoxy) is 1. The fourth-order valence-corrected chi connectivity index (χ4v) is 2.45. The minimum atomic E-state index is -0.286. The molecule has 0 bridgehead atoms. The Morgan fingerprint density at radius 1 is 1.17 bits per heavy atom. The van der Waals surface area contributed by atoms with E-state index in [-0.39, 0.29) is 11.8 Å². The number of furan rings is 1. The molecule has 1 atom stereocenters. The number of nitrogens with one attached hydrogen (secondary N) is 2. The van der Waals surface area contributed by atoms with Crippen molar-refractivity contribution in [3.8, 4) is 11.3 Å². The van der Waals surface area contributed by atoms with Crippen LogP contribution in [0.15, 0.2) is 40.8 Å². The fourth-order valence-electron chi connectivity index (χ4n) is 2.45. The van der Waals surface area contributed by atoms with Crippen LogP contribution in [0.1, 0.15) is 12.2 Å². The molecule has 3 rings (SSSR count). The van der Waals surface area contributed by atoms with Crippen LogP contribution in [0.5, 0.6) is 0 Å². The van der Waals surface area contributed by atoms with Gasteiger partial charge in [-0.2, -0.15) is 0 Å². The Hall–Kier alpha value is -2.34. The van der Waals surface area contributed by atoms with Gasteiger partial charge in [-0.25, -0.2) is 9.18 Å². The molecule has 1 saturated heterocycles. The number of amides is 2. The average Bonchev–Trinajstić information content (AvgIpc) is 3.23. The fraction of sp³-hybridized carbons (Fsp3) is 0.353. The van der Waals surface area contributed by atoms with Crippen molar-refractivity contribution in [1.29, 1.82) is 0 Å². The van der Waals surface area contributed by atoms with Crippen molar-refractivity contribution >= 4 is 6.03 Å². The van der Waals surface area contributed by atoms with Gasteiger partial charge in [-0.05, 0) is 42.8 Å². The number of urea groups is 1. The third-order valence-electron chi connectivity index (χ3n) is 3.79. The number of carbonyl (C=O) groups excluding carboxylic acids is 1. The Bertz CT molecular complexity index is 648. The van der Waals surface area contributed by atoms with E-state index in [1.165, 1.54) is 12.1 Å². The monoisotopic (exact) mass is 318 g/mol. The van der Waals surface area contributed by atoms with Crippen molar-refractivity contribution in [2.75, 3.05) is 19.8 Å². The second kappa shape index (κ2) is 7.28. The van der Waals surface area contributed by atoms with Gasteiger partial charge in [0.1, 0.15) is 17.3 Å². The molecule has 2 N–H and O–H groups in total. The standard InChI is InChI=1S/C17H19FN2O3/c18-14-3-1-13(2-4-14)16-6-5-15(23-16)10-20-17(21)19-9-12-7-8-22-11-12/h1-6,12H,7-11H2,(H2,19,20,21). The summed E-state index contributed by atoms with van der Waals surface area (Å²) >= 11 is 0. The molecule has 1 fully saturated rings. The first-order valence-electron chi connectivity index (χ1n) is 7.65. The highest BCUT2D eigenvalue weighted by molar-refractivity contribution is 5.73. The molecule has 2 amide bonds. The SMILES string of the molecule is O=C(NCc1ccc(-c2ccc(F)cc2)o1)NCC1CCOC1. The molecule has 122 valence electrons. The summed E-state index contributed by atoms with van der Waals surface area (Å²) in [5.74, 6) is 1.40. The van der Waals surface area contributed by atoms with Gasteiger partial charge in [0.15, 0.2) is 0 Å². The van der Waals surface area contributed by atoms with E-state index in [0.717, 1.165) is 18.6 Å². The van der Waals surface area contributed by atoms with Crippen LogP contribution < -0.4 is 10.6 Å². The molecule has 2 aromatic rings. The highest BCUT2D eigenvalue weighted by Gasteiger charge is 2.16. The largest absolute Gasteiger partial charge is 0.459 e. The molecule has 1 aliphatic rings. The van der Waals surface area contributed by atoms with E-state index in [1.54, 1.807) is 24.3 Å². The molecule has 1 aliphatic heterocycles. The van der Waals surface area contributed by atoms with Gasteiger partial charge in [0.25, 0.3) is 0 Å². The minimum absolute atomic E-state index is 0.225. The Morgan fingerprint density at radius 3 is 2.74 bits per heavy atom. The molecular formula is C17H19FN2O3. The van der Waals surface area contributed by atoms with E-state index in [4.69, 9.17) is 9.15 Å². The van der Waals surface area contributed by atoms with Crippen LogP contribution in [0.2, 0.25) is 0 Å². The van der Waals surface area contributed by atoms with Gasteiger partial charge in [-0.1, -0.05) is 0 Å². The lowest BCUT2D eigenvalue weighted by Gasteiger charge is -2.10. The summed E-state index contributed by atoms with van der Waals surface area (Å²) < 4.78 is 23.8. The van der Waals surface area contributed by atoms with Crippen molar-refractivity contribution in [1.82, 2.24) is 10.6 Å². The molecule has 0 saturated carbocycles. The van der Waals surface area contributed by atoms with E-state index in [2.05, 4.69) is 10.6 Å². The zero-order chi connectivity index (χ0) is 16.1. The van der Waals surface area contributed by atoms with Crippen LogP contribution in [0.3, 0.4) is 0 Å². The van der Waals surface area contributed by atoms with Crippen LogP contribution in [0.25, 0.3) is 11.3 Å². The van der Waals surface area contributed by atoms with Gasteiger partial charge in [0.05, 0.1) is 13.2 Å². The number of halogens is 1. The molecule has 0 spiro atoms. The van der Waals surface area contributed by atoms with Crippen LogP contribution in [-0.2, 0) is 11.3 Å². The second-order valence-electron chi connectivity index (χ2n) is 5.57. The van der Waals surface area contributed by atoms with Crippen molar-refractivity contribution in [3.63, 3.8) is 0 Å². The zero-order valence-corrected chi connectivity index (χ0v) is 12.7. The number of benzene rings is 1. The molecule has 23 heavy (non-hydrogen) atoms. The van der Waals surface area contributed by atoms with Crippen molar-refractivity contribution in [2.45, 2.75) is 13.0 Å². The number of hydrogen-bond donors (Lipinski definition) is 2. The molecule has 5 nitrogen and oxygen atoms in total. The molecule has 0 aliphatic carbocycles. The maximum atomic E-state index is 12.9. The predicted octanol–water partition coefficient (Wildman–Crippen LogP) is 2.92. The van der Waals surface area contributed by atoms with Gasteiger partial charge in [0.2, 0.25) is 0 Å². The van der Waals surface area contributed by atoms with E-state index >= 15 is 0 Å². The number of carbonyl (C=O) groups is 1. The summed E-state index contributed by atoms with van der Waals surface area (Å²) in [7, 11) is 0. The van der Waals surface area contributed by atoms with E-state index in [0.29, 0.717) is 37.1 Å². The molecule has 1 aromatic heterocycles. The third kappa shape index (κ3) is 4.32. The maximum absolute atomic E-state index is 12.9. The lowest BCUT2D eigenvalue weighted by Crippen LogP contribution is -2.37. The van der Waals surface area contributed by atoms with Crippen molar-refractivity contribution in [3.05, 3.63) is 48.0 Å². The summed E-state index contributed by atoms with van der Waals surface area (Å²) in [6, 6.07) is 9.45. The predicted molar refractivity (Wildman–Crippen MR) is 83.3 cm³/mol. The van der Waals surface area contributed by atoms with Crippen LogP contribution >= 0.6 is 0 Å². The van der Waals surface area contributed by atoms with E-state index in [9.17, 15) is 9.18 Å². The summed E-state index contributed by atoms with van der Waals surface area (Å²) in [5, 5.41) is 5.58. The topological polar surface area (TPSA) is 63.5 Å². The minimum Gasteiger partial charge on any atom is -0.459 e. The first-order valence-corrected chi connectivity index (χ1v) is 7.65. The van der Waals surface area contributed by atoms with Gasteiger partial charge >= 0.3 is 6.03 Å². The lowest BCUT2D eigenvalue weighted by molar-refractivity contribution is 0.185. The zero-order valence-electron chi connectivity index (χ0n) is 12.7. The maximum Gasteiger partial charge on any atom is 0.315 e. The van der Waals surface area contributed by atoms with Gasteiger partial charge < -0.3 is 19.8 Å². The summed E-state index contributed by atoms with van der Waals surface area (Å²) in [5.41, 5.74) is 0.795. The van der Waals surface area contributed by atoms with Crippen molar-refractivity contribution in [2.24, 2.45) is 5.92 Å². The molecular weight excluding hydrogens is 299 g/mol. The molecule has 6 heteroatoms. The van der Waals surface area contributed by atoms with Crippen LogP contribution in [0, 0.1) is 11.7 Å². The molecule has 0 radical (unpaired) electrons. The normalized spacial score (nSPS) is 17.2. The van der Waals surface area contributed by atoms with Crippen LogP contribution in [0.4, 0.5) is 9.18 Å². The second-order valence-corrected chi connectivity index (χ2v) is 5.57. The van der Waals surface area contributed by atoms with Gasteiger partial charge in [-0.3, -0.25) is 0 Å². The van der Waals surface area contributed by atoms with Crippen LogP contribution in [-0.4, -0.2) is 25.8 Å². The highest BCUT2D eigenvalue weighted by Crippen LogP contribution is 2.22. The quantitative estimate of drug-likeness (QED) is 0.891.